The van der Waals surface area contributed by atoms with Crippen LogP contribution in [-0.2, 0) is 0 Å². The minimum atomic E-state index is 0.551. The maximum Gasteiger partial charge on any atom is 0.237 e. The molecule has 0 unspecified atom stereocenters. The summed E-state index contributed by atoms with van der Waals surface area (Å²) in [5, 5.41) is 14.8. The fraction of sp³-hybridized carbons (Fsp3) is 0. The average molecular weight is 967 g/mol. The van der Waals surface area contributed by atoms with Crippen molar-refractivity contribution in [3.05, 3.63) is 231 Å². The van der Waals surface area contributed by atoms with Gasteiger partial charge in [-0.25, -0.2) is 9.97 Å². The average Bonchev–Trinajstić information content (AvgIpc) is 4.48. The van der Waals surface area contributed by atoms with Crippen molar-refractivity contribution in [2.24, 2.45) is 0 Å². The number of rotatable bonds is 4. The van der Waals surface area contributed by atoms with Gasteiger partial charge in [-0.3, -0.25) is 9.13 Å². The van der Waals surface area contributed by atoms with Gasteiger partial charge in [-0.05, 0) is 59.3 Å². The van der Waals surface area contributed by atoms with Gasteiger partial charge in [-0.2, -0.15) is 9.97 Å². The predicted octanol–water partition coefficient (Wildman–Crippen LogP) is 16.8. The van der Waals surface area contributed by atoms with E-state index >= 15 is 0 Å². The molecule has 76 heavy (non-hydrogen) atoms. The first-order valence-corrected chi connectivity index (χ1v) is 25.8. The quantitative estimate of drug-likeness (QED) is 0.176. The molecule has 0 aliphatic heterocycles. The Labute approximate surface area is 432 Å². The van der Waals surface area contributed by atoms with Crippen molar-refractivity contribution in [1.82, 2.24) is 38.2 Å². The summed E-state index contributed by atoms with van der Waals surface area (Å²) in [6.45, 7) is 0. The van der Waals surface area contributed by atoms with Gasteiger partial charge in [0.25, 0.3) is 0 Å². The van der Waals surface area contributed by atoms with Crippen molar-refractivity contribution in [2.45, 2.75) is 0 Å². The van der Waals surface area contributed by atoms with Gasteiger partial charge in [-0.1, -0.05) is 182 Å². The third-order valence-electron chi connectivity index (χ3n) is 16.3. The molecule has 6 heterocycles. The number of fused-ring (bicyclic) bond motifs is 23. The first-order chi connectivity index (χ1) is 37.8. The monoisotopic (exact) mass is 966 g/mol. The van der Waals surface area contributed by atoms with Crippen LogP contribution < -0.4 is 0 Å². The largest absolute Gasteiger partial charge is 0.309 e. The van der Waals surface area contributed by atoms with Gasteiger partial charge >= 0.3 is 0 Å². The fourth-order valence-corrected chi connectivity index (χ4v) is 13.4. The second-order valence-corrected chi connectivity index (χ2v) is 20.1. The molecule has 350 valence electrons. The highest BCUT2D eigenvalue weighted by molar-refractivity contribution is 6.38. The molecule has 17 aromatic rings. The Balaban J connectivity index is 0.999. The molecule has 0 amide bonds. The van der Waals surface area contributed by atoms with E-state index in [4.69, 9.17) is 19.9 Å². The van der Waals surface area contributed by atoms with Crippen LogP contribution in [0, 0.1) is 0 Å². The Hall–Kier alpha value is -10.4. The van der Waals surface area contributed by atoms with Crippen LogP contribution in [0.1, 0.15) is 0 Å². The lowest BCUT2D eigenvalue weighted by molar-refractivity contribution is 0.978. The summed E-state index contributed by atoms with van der Waals surface area (Å²) in [7, 11) is 0. The number of aromatic nitrogens is 8. The second kappa shape index (κ2) is 14.6. The lowest BCUT2D eigenvalue weighted by Crippen LogP contribution is -2.07. The molecule has 0 atom stereocenters. The molecular weight excluding hydrogens is 929 g/mol. The molecule has 18 rings (SSSR count). The van der Waals surface area contributed by atoms with Crippen molar-refractivity contribution in [2.75, 3.05) is 0 Å². The SMILES string of the molecule is c1ccc(-n2c3ccccc3c3c4ccccc4c4c(c5ccccc5n4-c4nc5c6c(nc(-n7c8ccccc8c8c7c7ccccc7c7c9ccccc9n(-c9ccccc9)c78)nc6n4)-c4ccccc4-5)c32)cc1. The molecule has 0 saturated carbocycles. The summed E-state index contributed by atoms with van der Waals surface area (Å²) in [5.41, 5.74) is 15.2. The summed E-state index contributed by atoms with van der Waals surface area (Å²) in [5.74, 6) is 1.10. The molecule has 0 radical (unpaired) electrons. The number of nitrogens with zero attached hydrogens (tertiary/aromatic N) is 8. The first-order valence-electron chi connectivity index (χ1n) is 25.8. The Kier molecular flexibility index (Phi) is 7.71. The minimum absolute atomic E-state index is 0.551. The first kappa shape index (κ1) is 40.1. The molecule has 0 bridgehead atoms. The van der Waals surface area contributed by atoms with Crippen LogP contribution in [0.3, 0.4) is 0 Å². The van der Waals surface area contributed by atoms with Crippen LogP contribution in [0.2, 0.25) is 0 Å². The zero-order chi connectivity index (χ0) is 49.3. The molecule has 0 N–H and O–H groups in total. The Morgan fingerprint density at radius 3 is 0.947 bits per heavy atom. The Morgan fingerprint density at radius 1 is 0.224 bits per heavy atom. The summed E-state index contributed by atoms with van der Waals surface area (Å²) in [6, 6.07) is 82.8. The molecule has 1 aliphatic rings. The number of benzene rings is 11. The summed E-state index contributed by atoms with van der Waals surface area (Å²) < 4.78 is 9.49. The molecule has 8 heteroatoms. The van der Waals surface area contributed by atoms with Crippen molar-refractivity contribution in [1.29, 1.82) is 0 Å². The summed E-state index contributed by atoms with van der Waals surface area (Å²) in [6.07, 6.45) is 0. The van der Waals surface area contributed by atoms with Crippen molar-refractivity contribution in [3.8, 4) is 45.8 Å². The van der Waals surface area contributed by atoms with Gasteiger partial charge in [0.15, 0.2) is 5.65 Å². The number of hydrogen-bond acceptors (Lipinski definition) is 4. The van der Waals surface area contributed by atoms with Gasteiger partial charge in [0, 0.05) is 76.4 Å². The van der Waals surface area contributed by atoms with E-state index in [-0.39, 0.29) is 0 Å². The van der Waals surface area contributed by atoms with Gasteiger partial charge in [0.1, 0.15) is 0 Å². The molecule has 0 fully saturated rings. The third kappa shape index (κ3) is 5.02. The molecule has 1 aliphatic carbocycles. The van der Waals surface area contributed by atoms with Gasteiger partial charge in [0.2, 0.25) is 11.9 Å². The minimum Gasteiger partial charge on any atom is -0.309 e. The van der Waals surface area contributed by atoms with Crippen molar-refractivity contribution >= 4 is 120 Å². The normalized spacial score (nSPS) is 12.5. The van der Waals surface area contributed by atoms with Gasteiger partial charge in [-0.15, -0.1) is 0 Å². The molecule has 8 nitrogen and oxygen atoms in total. The van der Waals surface area contributed by atoms with Gasteiger partial charge in [0.05, 0.1) is 60.9 Å². The van der Waals surface area contributed by atoms with E-state index in [9.17, 15) is 0 Å². The van der Waals surface area contributed by atoms with E-state index in [1.54, 1.807) is 0 Å². The molecule has 0 saturated heterocycles. The van der Waals surface area contributed by atoms with E-state index in [0.29, 0.717) is 17.5 Å². The van der Waals surface area contributed by atoms with E-state index in [1.165, 1.54) is 32.3 Å². The maximum atomic E-state index is 5.67. The molecule has 6 aromatic heterocycles. The lowest BCUT2D eigenvalue weighted by atomic mass is 9.99. The zero-order valence-corrected chi connectivity index (χ0v) is 40.5. The van der Waals surface area contributed by atoms with Crippen LogP contribution in [0.15, 0.2) is 231 Å². The highest BCUT2D eigenvalue weighted by atomic mass is 15.2. The third-order valence-corrected chi connectivity index (χ3v) is 16.3. The molecule has 11 aromatic carbocycles. The molecular formula is C68H38N8. The Bertz CT molecular complexity index is 5080. The fourth-order valence-electron chi connectivity index (χ4n) is 13.4. The number of hydrogen-bond donors (Lipinski definition) is 0. The van der Waals surface area contributed by atoms with Crippen LogP contribution in [-0.4, -0.2) is 38.2 Å². The topological polar surface area (TPSA) is 71.3 Å². The lowest BCUT2D eigenvalue weighted by Gasteiger charge is -2.14. The smallest absolute Gasteiger partial charge is 0.237 e. The second-order valence-electron chi connectivity index (χ2n) is 20.1. The van der Waals surface area contributed by atoms with Crippen LogP contribution >= 0.6 is 0 Å². The van der Waals surface area contributed by atoms with Crippen LogP contribution in [0.25, 0.3) is 166 Å². The standard InChI is InChI=1S/C68H38N8/c1-3-21-39(22-4-1)73-51-35-17-13-31-47(51)55-41-25-7-11-29-45(41)62-57(64(55)73)49-33-15-19-37-53(49)75(62)67-69-60-43-27-9-10-28-44(43)61-59(60)66(71-67)72-68(70-61)76-54-38-20-16-34-50(54)58-63(76)46-30-12-8-26-42(46)56-48-32-14-18-36-52(48)74(65(56)58)40-23-5-2-6-24-40/h1-38H. The summed E-state index contributed by atoms with van der Waals surface area (Å²) in [4.78, 5) is 22.6. The predicted molar refractivity (Wildman–Crippen MR) is 312 cm³/mol. The number of para-hydroxylation sites is 6. The Morgan fingerprint density at radius 2 is 0.539 bits per heavy atom. The van der Waals surface area contributed by atoms with Crippen molar-refractivity contribution < 1.29 is 0 Å². The summed E-state index contributed by atoms with van der Waals surface area (Å²) >= 11 is 0. The van der Waals surface area contributed by atoms with E-state index in [1.807, 2.05) is 0 Å². The van der Waals surface area contributed by atoms with Crippen LogP contribution in [0.5, 0.6) is 0 Å². The maximum absolute atomic E-state index is 5.67. The highest BCUT2D eigenvalue weighted by Crippen LogP contribution is 2.51. The van der Waals surface area contributed by atoms with E-state index < -0.39 is 0 Å². The van der Waals surface area contributed by atoms with Gasteiger partial charge < -0.3 is 9.13 Å². The van der Waals surface area contributed by atoms with E-state index in [2.05, 4.69) is 249 Å². The van der Waals surface area contributed by atoms with Crippen LogP contribution in [0.4, 0.5) is 0 Å². The van der Waals surface area contributed by atoms with Crippen molar-refractivity contribution in [3.63, 3.8) is 0 Å². The molecule has 0 spiro atoms. The highest BCUT2D eigenvalue weighted by Gasteiger charge is 2.32. The zero-order valence-electron chi connectivity index (χ0n) is 40.5. The van der Waals surface area contributed by atoms with E-state index in [0.717, 1.165) is 116 Å².